The number of carbonyl (C=O) groups excluding carboxylic acids is 3. The molecule has 0 aromatic rings. The van der Waals surface area contributed by atoms with Crippen LogP contribution >= 0.6 is 0 Å². The van der Waals surface area contributed by atoms with Gasteiger partial charge in [0, 0.05) is 6.54 Å². The highest BCUT2D eigenvalue weighted by atomic mass is 16.2. The molecule has 1 aliphatic rings. The van der Waals surface area contributed by atoms with Crippen LogP contribution < -0.4 is 10.6 Å². The predicted octanol–water partition coefficient (Wildman–Crippen LogP) is 0.945. The monoisotopic (exact) mass is 326 g/mol. The van der Waals surface area contributed by atoms with Crippen LogP contribution in [0.3, 0.4) is 0 Å². The van der Waals surface area contributed by atoms with Crippen LogP contribution in [-0.4, -0.2) is 65.9 Å². The van der Waals surface area contributed by atoms with E-state index in [1.165, 1.54) is 0 Å². The Kier molecular flexibility index (Phi) is 7.48. The molecule has 1 saturated heterocycles. The number of amides is 4. The van der Waals surface area contributed by atoms with Gasteiger partial charge in [-0.2, -0.15) is 0 Å². The molecule has 7 nitrogen and oxygen atoms in total. The summed E-state index contributed by atoms with van der Waals surface area (Å²) in [5.74, 6) is -0.596. The van der Waals surface area contributed by atoms with Gasteiger partial charge in [-0.25, -0.2) is 4.79 Å². The molecule has 0 aromatic carbocycles. The molecule has 0 bridgehead atoms. The highest BCUT2D eigenvalue weighted by molar-refractivity contribution is 6.08. The number of rotatable bonds is 10. The molecule has 0 aromatic heterocycles. The number of nitrogens with one attached hydrogen (secondary N) is 2. The average Bonchev–Trinajstić information content (AvgIpc) is 2.79. The number of imide groups is 1. The normalized spacial score (nSPS) is 16.8. The lowest BCUT2D eigenvalue weighted by molar-refractivity contribution is -0.135. The van der Waals surface area contributed by atoms with Crippen LogP contribution in [0.1, 0.15) is 47.0 Å². The van der Waals surface area contributed by atoms with Gasteiger partial charge in [-0.05, 0) is 38.9 Å². The molecule has 7 heteroatoms. The van der Waals surface area contributed by atoms with E-state index >= 15 is 0 Å². The Morgan fingerprint density at radius 3 is 2.26 bits per heavy atom. The molecule has 0 spiro atoms. The van der Waals surface area contributed by atoms with Crippen molar-refractivity contribution in [3.05, 3.63) is 0 Å². The Balaban J connectivity index is 2.43. The van der Waals surface area contributed by atoms with E-state index in [0.29, 0.717) is 19.4 Å². The molecule has 0 radical (unpaired) electrons. The zero-order valence-electron chi connectivity index (χ0n) is 14.8. The minimum absolute atomic E-state index is 0.211. The van der Waals surface area contributed by atoms with E-state index in [1.807, 2.05) is 13.8 Å². The van der Waals surface area contributed by atoms with Gasteiger partial charge >= 0.3 is 6.03 Å². The van der Waals surface area contributed by atoms with Crippen molar-refractivity contribution in [3.63, 3.8) is 0 Å². The fourth-order valence-electron chi connectivity index (χ4n) is 2.82. The van der Waals surface area contributed by atoms with Crippen LogP contribution in [-0.2, 0) is 9.59 Å². The maximum atomic E-state index is 12.4. The molecule has 4 amide bonds. The minimum atomic E-state index is -0.847. The largest absolute Gasteiger partial charge is 0.354 e. The van der Waals surface area contributed by atoms with Crippen molar-refractivity contribution in [1.82, 2.24) is 20.4 Å². The van der Waals surface area contributed by atoms with Gasteiger partial charge in [0.25, 0.3) is 5.91 Å². The van der Waals surface area contributed by atoms with E-state index in [2.05, 4.69) is 29.4 Å². The zero-order chi connectivity index (χ0) is 17.5. The van der Waals surface area contributed by atoms with Crippen molar-refractivity contribution >= 4 is 17.8 Å². The van der Waals surface area contributed by atoms with Gasteiger partial charge in [-0.3, -0.25) is 14.5 Å². The van der Waals surface area contributed by atoms with Crippen molar-refractivity contribution in [2.24, 2.45) is 0 Å². The SMILES string of the molecule is CCN(CC)CCCNC(=O)CN1C(=O)NC(CC)(CC)C1=O. The van der Waals surface area contributed by atoms with Crippen molar-refractivity contribution < 1.29 is 14.4 Å². The molecule has 2 N–H and O–H groups in total. The highest BCUT2D eigenvalue weighted by Gasteiger charge is 2.49. The third kappa shape index (κ3) is 4.67. The maximum absolute atomic E-state index is 12.4. The third-order valence-electron chi connectivity index (χ3n) is 4.62. The number of hydrogen-bond donors (Lipinski definition) is 2. The smallest absolute Gasteiger partial charge is 0.325 e. The zero-order valence-corrected chi connectivity index (χ0v) is 14.8. The molecule has 0 unspecified atom stereocenters. The summed E-state index contributed by atoms with van der Waals surface area (Å²) in [5.41, 5.74) is -0.847. The molecular weight excluding hydrogens is 296 g/mol. The number of hydrogen-bond acceptors (Lipinski definition) is 4. The number of urea groups is 1. The van der Waals surface area contributed by atoms with E-state index in [9.17, 15) is 14.4 Å². The molecule has 1 aliphatic heterocycles. The standard InChI is InChI=1S/C16H30N4O3/c1-5-16(6-2)14(22)20(15(23)18-16)12-13(21)17-10-9-11-19(7-3)8-4/h5-12H2,1-4H3,(H,17,21)(H,18,23). The van der Waals surface area contributed by atoms with E-state index in [4.69, 9.17) is 0 Å². The lowest BCUT2D eigenvalue weighted by Gasteiger charge is -2.23. The topological polar surface area (TPSA) is 81.8 Å². The first-order valence-electron chi connectivity index (χ1n) is 8.57. The van der Waals surface area contributed by atoms with Crippen molar-refractivity contribution in [1.29, 1.82) is 0 Å². The minimum Gasteiger partial charge on any atom is -0.354 e. The number of carbonyl (C=O) groups is 3. The van der Waals surface area contributed by atoms with Crippen molar-refractivity contribution in [3.8, 4) is 0 Å². The van der Waals surface area contributed by atoms with Gasteiger partial charge in [0.05, 0.1) is 0 Å². The van der Waals surface area contributed by atoms with Crippen molar-refractivity contribution in [2.45, 2.75) is 52.5 Å². The van der Waals surface area contributed by atoms with E-state index in [0.717, 1.165) is 31.0 Å². The summed E-state index contributed by atoms with van der Waals surface area (Å²) in [7, 11) is 0. The first kappa shape index (κ1) is 19.4. The summed E-state index contributed by atoms with van der Waals surface area (Å²) in [4.78, 5) is 39.6. The summed E-state index contributed by atoms with van der Waals surface area (Å²) < 4.78 is 0. The Hall–Kier alpha value is -1.63. The van der Waals surface area contributed by atoms with E-state index in [-0.39, 0.29) is 18.4 Å². The maximum Gasteiger partial charge on any atom is 0.325 e. The van der Waals surface area contributed by atoms with E-state index < -0.39 is 11.6 Å². The molecular formula is C16H30N4O3. The summed E-state index contributed by atoms with van der Waals surface area (Å²) in [6.07, 6.45) is 1.90. The van der Waals surface area contributed by atoms with Crippen LogP contribution in [0, 0.1) is 0 Å². The van der Waals surface area contributed by atoms with Crippen LogP contribution in [0.15, 0.2) is 0 Å². The van der Waals surface area contributed by atoms with Crippen LogP contribution in [0.5, 0.6) is 0 Å². The molecule has 0 atom stereocenters. The second kappa shape index (κ2) is 8.86. The molecule has 1 rings (SSSR count). The first-order chi connectivity index (χ1) is 10.9. The molecule has 1 heterocycles. The Bertz CT molecular complexity index is 431. The van der Waals surface area contributed by atoms with Gasteiger partial charge in [-0.1, -0.05) is 27.7 Å². The van der Waals surface area contributed by atoms with Gasteiger partial charge in [-0.15, -0.1) is 0 Å². The van der Waals surface area contributed by atoms with Gasteiger partial charge in [0.15, 0.2) is 0 Å². The fourth-order valence-corrected chi connectivity index (χ4v) is 2.82. The lowest BCUT2D eigenvalue weighted by atomic mass is 9.93. The van der Waals surface area contributed by atoms with Crippen LogP contribution in [0.2, 0.25) is 0 Å². The Labute approximate surface area is 138 Å². The summed E-state index contributed by atoms with van der Waals surface area (Å²) in [6.45, 7) is 11.2. The quantitative estimate of drug-likeness (QED) is 0.462. The molecule has 132 valence electrons. The molecule has 0 aliphatic carbocycles. The second-order valence-electron chi connectivity index (χ2n) is 5.84. The highest BCUT2D eigenvalue weighted by Crippen LogP contribution is 2.24. The van der Waals surface area contributed by atoms with Crippen LogP contribution in [0.4, 0.5) is 4.79 Å². The first-order valence-corrected chi connectivity index (χ1v) is 8.57. The van der Waals surface area contributed by atoms with Gasteiger partial charge in [0.1, 0.15) is 12.1 Å². The lowest BCUT2D eigenvalue weighted by Crippen LogP contribution is -2.46. The summed E-state index contributed by atoms with van der Waals surface area (Å²) in [5, 5.41) is 5.50. The number of nitrogens with zero attached hydrogens (tertiary/aromatic N) is 2. The Morgan fingerprint density at radius 2 is 1.78 bits per heavy atom. The molecule has 23 heavy (non-hydrogen) atoms. The van der Waals surface area contributed by atoms with Gasteiger partial charge in [0.2, 0.25) is 5.91 Å². The summed E-state index contributed by atoms with van der Waals surface area (Å²) >= 11 is 0. The van der Waals surface area contributed by atoms with E-state index in [1.54, 1.807) is 0 Å². The fraction of sp³-hybridized carbons (Fsp3) is 0.812. The molecule has 0 saturated carbocycles. The van der Waals surface area contributed by atoms with Crippen molar-refractivity contribution in [2.75, 3.05) is 32.7 Å². The van der Waals surface area contributed by atoms with Crippen LogP contribution in [0.25, 0.3) is 0 Å². The predicted molar refractivity (Wildman–Crippen MR) is 89.0 cm³/mol. The second-order valence-corrected chi connectivity index (χ2v) is 5.84. The molecule has 1 fully saturated rings. The summed E-state index contributed by atoms with van der Waals surface area (Å²) in [6, 6.07) is -0.475. The third-order valence-corrected chi connectivity index (χ3v) is 4.62. The van der Waals surface area contributed by atoms with Gasteiger partial charge < -0.3 is 15.5 Å². The average molecular weight is 326 g/mol. The Morgan fingerprint density at radius 1 is 1.17 bits per heavy atom.